The van der Waals surface area contributed by atoms with Gasteiger partial charge < -0.3 is 10.2 Å². The lowest BCUT2D eigenvalue weighted by atomic mass is 10.1. The van der Waals surface area contributed by atoms with E-state index >= 15 is 0 Å². The van der Waals surface area contributed by atoms with E-state index in [0.717, 1.165) is 5.56 Å². The first-order valence-electron chi connectivity index (χ1n) is 6.99. The minimum atomic E-state index is -0.433. The summed E-state index contributed by atoms with van der Waals surface area (Å²) >= 11 is 0. The summed E-state index contributed by atoms with van der Waals surface area (Å²) in [7, 11) is 0. The minimum absolute atomic E-state index is 0.244. The zero-order valence-corrected chi connectivity index (χ0v) is 12.5. The molecule has 0 aliphatic heterocycles. The Morgan fingerprint density at radius 1 is 1.09 bits per heavy atom. The molecule has 0 aliphatic carbocycles. The van der Waals surface area contributed by atoms with Crippen LogP contribution >= 0.6 is 0 Å². The number of anilines is 1. The number of rotatable bonds is 2. The predicted octanol–water partition coefficient (Wildman–Crippen LogP) is 3.56. The molecule has 0 bridgehead atoms. The average molecular weight is 292 g/mol. The fraction of sp³-hybridized carbons (Fsp3) is 0.111. The van der Waals surface area contributed by atoms with Gasteiger partial charge in [0.25, 0.3) is 0 Å². The van der Waals surface area contributed by atoms with Crippen LogP contribution in [0.2, 0.25) is 0 Å². The van der Waals surface area contributed by atoms with Gasteiger partial charge in [0.15, 0.2) is 0 Å². The highest BCUT2D eigenvalue weighted by molar-refractivity contribution is 5.88. The van der Waals surface area contributed by atoms with Crippen LogP contribution in [0.15, 0.2) is 45.6 Å². The fourth-order valence-electron chi connectivity index (χ4n) is 2.24. The van der Waals surface area contributed by atoms with E-state index in [0.29, 0.717) is 16.6 Å². The van der Waals surface area contributed by atoms with E-state index < -0.39 is 5.63 Å². The van der Waals surface area contributed by atoms with Crippen molar-refractivity contribution in [2.24, 2.45) is 0 Å². The number of nitrogens with zero attached hydrogens (tertiary/aromatic N) is 1. The Labute approximate surface area is 127 Å². The Morgan fingerprint density at radius 3 is 2.68 bits per heavy atom. The summed E-state index contributed by atoms with van der Waals surface area (Å²) in [6.07, 6.45) is 3.54. The van der Waals surface area contributed by atoms with Crippen molar-refractivity contribution in [2.45, 2.75) is 13.8 Å². The summed E-state index contributed by atoms with van der Waals surface area (Å²) < 4.78 is 5.21. The summed E-state index contributed by atoms with van der Waals surface area (Å²) in [5, 5.41) is 0.392. The molecule has 0 spiro atoms. The first kappa shape index (κ1) is 14.1. The highest BCUT2D eigenvalue weighted by atomic mass is 16.4. The van der Waals surface area contributed by atoms with Gasteiger partial charge in [-0.2, -0.15) is 0 Å². The van der Waals surface area contributed by atoms with Crippen LogP contribution in [-0.4, -0.2) is 4.98 Å². The van der Waals surface area contributed by atoms with Crippen molar-refractivity contribution in [3.63, 3.8) is 0 Å². The molecule has 0 aliphatic rings. The number of aryl methyl sites for hydroxylation is 2. The summed E-state index contributed by atoms with van der Waals surface area (Å²) in [5.41, 5.74) is 9.84. The van der Waals surface area contributed by atoms with Gasteiger partial charge in [0.1, 0.15) is 5.52 Å². The largest absolute Gasteiger partial charge is 0.404 e. The quantitative estimate of drug-likeness (QED) is 0.733. The van der Waals surface area contributed by atoms with Crippen LogP contribution in [0.5, 0.6) is 0 Å². The van der Waals surface area contributed by atoms with Gasteiger partial charge in [-0.3, -0.25) is 0 Å². The second-order valence-corrected chi connectivity index (χ2v) is 5.26. The molecule has 4 nitrogen and oxygen atoms in total. The molecule has 0 amide bonds. The van der Waals surface area contributed by atoms with E-state index in [-0.39, 0.29) is 5.89 Å². The standard InChI is InChI=1S/C18H16N2O2/c1-11-6-7-13(10-12(11)2)8-9-16-20-17-14(18(21)22-16)4-3-5-15(17)19/h3-10H,19H2,1-2H3/b9-8+. The summed E-state index contributed by atoms with van der Waals surface area (Å²) in [6, 6.07) is 11.2. The van der Waals surface area contributed by atoms with Crippen LogP contribution in [0.25, 0.3) is 23.1 Å². The van der Waals surface area contributed by atoms with Crippen molar-refractivity contribution in [3.05, 3.63) is 69.4 Å². The molecule has 22 heavy (non-hydrogen) atoms. The lowest BCUT2D eigenvalue weighted by Gasteiger charge is -2.02. The lowest BCUT2D eigenvalue weighted by Crippen LogP contribution is -2.04. The van der Waals surface area contributed by atoms with Crippen molar-refractivity contribution in [1.82, 2.24) is 4.98 Å². The molecule has 0 fully saturated rings. The van der Waals surface area contributed by atoms with Gasteiger partial charge in [-0.1, -0.05) is 24.3 Å². The number of nitrogens with two attached hydrogens (primary N) is 1. The third-order valence-corrected chi connectivity index (χ3v) is 3.66. The highest BCUT2D eigenvalue weighted by Crippen LogP contribution is 2.17. The number of aromatic nitrogens is 1. The van der Waals surface area contributed by atoms with Gasteiger partial charge in [-0.25, -0.2) is 9.78 Å². The van der Waals surface area contributed by atoms with Crippen molar-refractivity contribution in [3.8, 4) is 0 Å². The normalized spacial score (nSPS) is 11.4. The summed E-state index contributed by atoms with van der Waals surface area (Å²) in [4.78, 5) is 16.3. The van der Waals surface area contributed by atoms with E-state index in [2.05, 4.69) is 31.0 Å². The molecule has 2 N–H and O–H groups in total. The van der Waals surface area contributed by atoms with Gasteiger partial charge in [-0.05, 0) is 48.7 Å². The molecular formula is C18H16N2O2. The molecule has 0 unspecified atom stereocenters. The molecule has 1 heterocycles. The monoisotopic (exact) mass is 292 g/mol. The van der Waals surface area contributed by atoms with E-state index in [1.54, 1.807) is 24.3 Å². The van der Waals surface area contributed by atoms with Crippen LogP contribution < -0.4 is 11.4 Å². The Hall–Kier alpha value is -2.88. The Kier molecular flexibility index (Phi) is 3.51. The van der Waals surface area contributed by atoms with Gasteiger partial charge in [0.05, 0.1) is 11.1 Å². The van der Waals surface area contributed by atoms with Gasteiger partial charge in [0, 0.05) is 6.08 Å². The molecule has 3 rings (SSSR count). The lowest BCUT2D eigenvalue weighted by molar-refractivity contribution is 0.491. The number of hydrogen-bond donors (Lipinski definition) is 1. The molecule has 0 radical (unpaired) electrons. The Bertz CT molecular complexity index is 939. The number of nitrogen functional groups attached to an aromatic ring is 1. The van der Waals surface area contributed by atoms with Crippen molar-refractivity contribution < 1.29 is 4.42 Å². The van der Waals surface area contributed by atoms with E-state index in [1.807, 2.05) is 12.1 Å². The Balaban J connectivity index is 2.03. The Morgan fingerprint density at radius 2 is 1.91 bits per heavy atom. The van der Waals surface area contributed by atoms with E-state index in [4.69, 9.17) is 10.2 Å². The third kappa shape index (κ3) is 2.63. The number of benzene rings is 2. The first-order valence-corrected chi connectivity index (χ1v) is 6.99. The molecule has 110 valence electrons. The van der Waals surface area contributed by atoms with Gasteiger partial charge in [0.2, 0.25) is 5.89 Å². The highest BCUT2D eigenvalue weighted by Gasteiger charge is 2.06. The van der Waals surface area contributed by atoms with Gasteiger partial charge >= 0.3 is 5.63 Å². The van der Waals surface area contributed by atoms with Crippen LogP contribution in [-0.2, 0) is 0 Å². The topological polar surface area (TPSA) is 69.1 Å². The second kappa shape index (κ2) is 5.48. The zero-order valence-electron chi connectivity index (χ0n) is 12.5. The molecular weight excluding hydrogens is 276 g/mol. The number of fused-ring (bicyclic) bond motifs is 1. The van der Waals surface area contributed by atoms with Crippen molar-refractivity contribution in [2.75, 3.05) is 5.73 Å². The van der Waals surface area contributed by atoms with Crippen LogP contribution in [0, 0.1) is 13.8 Å². The maximum absolute atomic E-state index is 12.0. The van der Waals surface area contributed by atoms with E-state index in [9.17, 15) is 4.79 Å². The predicted molar refractivity (Wildman–Crippen MR) is 89.5 cm³/mol. The van der Waals surface area contributed by atoms with Crippen LogP contribution in [0.3, 0.4) is 0 Å². The second-order valence-electron chi connectivity index (χ2n) is 5.26. The summed E-state index contributed by atoms with van der Waals surface area (Å²) in [5.74, 6) is 0.244. The first-order chi connectivity index (χ1) is 10.5. The fourth-order valence-corrected chi connectivity index (χ4v) is 2.24. The third-order valence-electron chi connectivity index (χ3n) is 3.66. The van der Waals surface area contributed by atoms with Gasteiger partial charge in [-0.15, -0.1) is 0 Å². The minimum Gasteiger partial charge on any atom is -0.404 e. The maximum atomic E-state index is 12.0. The average Bonchev–Trinajstić information content (AvgIpc) is 2.50. The smallest absolute Gasteiger partial charge is 0.347 e. The molecule has 0 saturated carbocycles. The van der Waals surface area contributed by atoms with Crippen LogP contribution in [0.1, 0.15) is 22.6 Å². The molecule has 3 aromatic rings. The van der Waals surface area contributed by atoms with Crippen molar-refractivity contribution in [1.29, 1.82) is 0 Å². The number of para-hydroxylation sites is 1. The SMILES string of the molecule is Cc1ccc(/C=C/c2nc3c(N)cccc3c(=O)o2)cc1C. The maximum Gasteiger partial charge on any atom is 0.347 e. The molecule has 0 saturated heterocycles. The summed E-state index contributed by atoms with van der Waals surface area (Å²) in [6.45, 7) is 4.12. The van der Waals surface area contributed by atoms with Crippen molar-refractivity contribution >= 4 is 28.7 Å². The van der Waals surface area contributed by atoms with E-state index in [1.165, 1.54) is 11.1 Å². The molecule has 2 aromatic carbocycles. The van der Waals surface area contributed by atoms with Crippen LogP contribution in [0.4, 0.5) is 5.69 Å². The molecule has 4 heteroatoms. The molecule has 0 atom stereocenters. The molecule has 1 aromatic heterocycles. The zero-order chi connectivity index (χ0) is 15.7. The number of hydrogen-bond acceptors (Lipinski definition) is 4.